The topological polar surface area (TPSA) is 98.2 Å². The summed E-state index contributed by atoms with van der Waals surface area (Å²) >= 11 is 1.89. The molecule has 0 amide bonds. The second-order valence-corrected chi connectivity index (χ2v) is 4.69. The van der Waals surface area contributed by atoms with Crippen LogP contribution in [0.25, 0.3) is 0 Å². The van der Waals surface area contributed by atoms with E-state index in [0.29, 0.717) is 15.2 Å². The van der Waals surface area contributed by atoms with Gasteiger partial charge in [0.15, 0.2) is 11.5 Å². The Labute approximate surface area is 115 Å². The van der Waals surface area contributed by atoms with Crippen LogP contribution in [0, 0.1) is 10.5 Å². The van der Waals surface area contributed by atoms with Crippen LogP contribution >= 0.6 is 22.6 Å². The van der Waals surface area contributed by atoms with E-state index in [9.17, 15) is 9.59 Å². The fraction of sp³-hybridized carbons (Fsp3) is 0.200. The zero-order valence-electron chi connectivity index (χ0n) is 9.25. The fourth-order valence-corrected chi connectivity index (χ4v) is 1.81. The van der Waals surface area contributed by atoms with E-state index in [1.54, 1.807) is 6.92 Å². The highest BCUT2D eigenvalue weighted by molar-refractivity contribution is 14.1. The van der Waals surface area contributed by atoms with Gasteiger partial charge in [-0.3, -0.25) is 9.36 Å². The molecule has 2 aromatic heterocycles. The van der Waals surface area contributed by atoms with Crippen molar-refractivity contribution in [2.45, 2.75) is 13.5 Å². The number of nitrogens with zero attached hydrogens (tertiary/aromatic N) is 3. The van der Waals surface area contributed by atoms with Gasteiger partial charge in [0.25, 0.3) is 5.56 Å². The summed E-state index contributed by atoms with van der Waals surface area (Å²) in [4.78, 5) is 26.6. The zero-order valence-corrected chi connectivity index (χ0v) is 11.4. The maximum atomic E-state index is 11.9. The van der Waals surface area contributed by atoms with Gasteiger partial charge in [-0.2, -0.15) is 0 Å². The Morgan fingerprint density at radius 3 is 2.94 bits per heavy atom. The summed E-state index contributed by atoms with van der Waals surface area (Å²) in [6.45, 7) is 1.79. The summed E-state index contributed by atoms with van der Waals surface area (Å²) in [5.74, 6) is -0.357. The summed E-state index contributed by atoms with van der Waals surface area (Å²) < 4.78 is 6.74. The molecule has 0 unspecified atom stereocenters. The molecule has 94 valence electrons. The van der Waals surface area contributed by atoms with Crippen molar-refractivity contribution in [2.24, 2.45) is 0 Å². The smallest absolute Gasteiger partial charge is 0.358 e. The summed E-state index contributed by atoms with van der Waals surface area (Å²) in [7, 11) is 0. The number of hydrogen-bond acceptors (Lipinski definition) is 5. The Kier molecular flexibility index (Phi) is 3.45. The first-order valence-corrected chi connectivity index (χ1v) is 5.97. The number of aromatic nitrogens is 3. The minimum atomic E-state index is -1.17. The third-order valence-electron chi connectivity index (χ3n) is 2.30. The molecular weight excluding hydrogens is 353 g/mol. The van der Waals surface area contributed by atoms with Crippen LogP contribution in [-0.4, -0.2) is 25.8 Å². The number of aromatic carboxylic acids is 1. The Morgan fingerprint density at radius 1 is 1.61 bits per heavy atom. The van der Waals surface area contributed by atoms with Gasteiger partial charge in [0.2, 0.25) is 0 Å². The second-order valence-electron chi connectivity index (χ2n) is 3.53. The SMILES string of the molecule is Cc1ncc(I)c(=O)n1Cc1cc(C(=O)O)no1. The molecule has 8 heteroatoms. The summed E-state index contributed by atoms with van der Waals surface area (Å²) in [5.41, 5.74) is -0.384. The molecule has 0 spiro atoms. The normalized spacial score (nSPS) is 10.6. The van der Waals surface area contributed by atoms with Gasteiger partial charge in [-0.1, -0.05) is 5.16 Å². The van der Waals surface area contributed by atoms with Gasteiger partial charge in [0.05, 0.1) is 10.1 Å². The average molecular weight is 361 g/mol. The molecule has 2 rings (SSSR count). The minimum Gasteiger partial charge on any atom is -0.476 e. The Morgan fingerprint density at radius 2 is 2.33 bits per heavy atom. The van der Waals surface area contributed by atoms with E-state index in [0.717, 1.165) is 0 Å². The van der Waals surface area contributed by atoms with Gasteiger partial charge in [-0.05, 0) is 29.5 Å². The Bertz CT molecular complexity index is 661. The van der Waals surface area contributed by atoms with Crippen LogP contribution in [0.3, 0.4) is 0 Å². The van der Waals surface area contributed by atoms with Crippen molar-refractivity contribution in [1.29, 1.82) is 0 Å². The van der Waals surface area contributed by atoms with Gasteiger partial charge in [-0.25, -0.2) is 9.78 Å². The lowest BCUT2D eigenvalue weighted by atomic mass is 10.3. The summed E-state index contributed by atoms with van der Waals surface area (Å²) in [6.07, 6.45) is 1.48. The van der Waals surface area contributed by atoms with Gasteiger partial charge in [0.1, 0.15) is 5.82 Å². The highest BCUT2D eigenvalue weighted by Gasteiger charge is 2.13. The maximum Gasteiger partial charge on any atom is 0.358 e. The van der Waals surface area contributed by atoms with E-state index in [1.807, 2.05) is 22.6 Å². The third kappa shape index (κ3) is 2.42. The van der Waals surface area contributed by atoms with Crippen molar-refractivity contribution in [3.05, 3.63) is 43.5 Å². The predicted octanol–water partition coefficient (Wildman–Crippen LogP) is 0.891. The lowest BCUT2D eigenvalue weighted by Gasteiger charge is -2.06. The van der Waals surface area contributed by atoms with Crippen molar-refractivity contribution in [2.75, 3.05) is 0 Å². The van der Waals surface area contributed by atoms with Crippen molar-refractivity contribution >= 4 is 28.6 Å². The van der Waals surface area contributed by atoms with Crippen LogP contribution in [0.2, 0.25) is 0 Å². The molecule has 0 radical (unpaired) electrons. The van der Waals surface area contributed by atoms with E-state index >= 15 is 0 Å². The van der Waals surface area contributed by atoms with Crippen LogP contribution < -0.4 is 5.56 Å². The zero-order chi connectivity index (χ0) is 13.3. The van der Waals surface area contributed by atoms with Crippen molar-refractivity contribution in [1.82, 2.24) is 14.7 Å². The molecule has 0 aliphatic heterocycles. The monoisotopic (exact) mass is 361 g/mol. The molecule has 0 bridgehead atoms. The van der Waals surface area contributed by atoms with Gasteiger partial charge < -0.3 is 9.63 Å². The molecule has 0 aromatic carbocycles. The third-order valence-corrected chi connectivity index (χ3v) is 3.04. The van der Waals surface area contributed by atoms with E-state index < -0.39 is 5.97 Å². The number of carboxylic acids is 1. The van der Waals surface area contributed by atoms with Crippen LogP contribution in [0.15, 0.2) is 21.6 Å². The van der Waals surface area contributed by atoms with E-state index in [2.05, 4.69) is 10.1 Å². The van der Waals surface area contributed by atoms with E-state index in [1.165, 1.54) is 16.8 Å². The molecule has 0 aliphatic carbocycles. The van der Waals surface area contributed by atoms with Crippen LogP contribution in [0.5, 0.6) is 0 Å². The molecule has 0 atom stereocenters. The number of halogens is 1. The van der Waals surface area contributed by atoms with Crippen LogP contribution in [-0.2, 0) is 6.54 Å². The molecule has 18 heavy (non-hydrogen) atoms. The van der Waals surface area contributed by atoms with Crippen LogP contribution in [0.1, 0.15) is 22.1 Å². The molecule has 0 saturated carbocycles. The highest BCUT2D eigenvalue weighted by atomic mass is 127. The number of rotatable bonds is 3. The molecule has 0 saturated heterocycles. The van der Waals surface area contributed by atoms with Crippen molar-refractivity contribution in [3.63, 3.8) is 0 Å². The highest BCUT2D eigenvalue weighted by Crippen LogP contribution is 2.06. The second kappa shape index (κ2) is 4.88. The van der Waals surface area contributed by atoms with E-state index in [4.69, 9.17) is 9.63 Å². The average Bonchev–Trinajstić information content (AvgIpc) is 2.78. The van der Waals surface area contributed by atoms with E-state index in [-0.39, 0.29) is 17.8 Å². The standard InChI is InChI=1S/C10H8IN3O4/c1-5-12-3-7(11)9(15)14(5)4-6-2-8(10(16)17)13-18-6/h2-3H,4H2,1H3,(H,16,17). The van der Waals surface area contributed by atoms with Crippen molar-refractivity contribution < 1.29 is 14.4 Å². The predicted molar refractivity (Wildman–Crippen MR) is 68.5 cm³/mol. The lowest BCUT2D eigenvalue weighted by Crippen LogP contribution is -2.25. The maximum absolute atomic E-state index is 11.9. The molecule has 7 nitrogen and oxygen atoms in total. The number of aryl methyl sites for hydroxylation is 1. The first-order valence-electron chi connectivity index (χ1n) is 4.90. The fourth-order valence-electron chi connectivity index (χ4n) is 1.38. The van der Waals surface area contributed by atoms with Crippen molar-refractivity contribution in [3.8, 4) is 0 Å². The number of carbonyl (C=O) groups is 1. The molecule has 2 heterocycles. The molecule has 0 fully saturated rings. The number of carboxylic acid groups (broad SMARTS) is 1. The van der Waals surface area contributed by atoms with Crippen LogP contribution in [0.4, 0.5) is 0 Å². The van der Waals surface area contributed by atoms with Gasteiger partial charge in [-0.15, -0.1) is 0 Å². The lowest BCUT2D eigenvalue weighted by molar-refractivity contribution is 0.0685. The minimum absolute atomic E-state index is 0.106. The molecular formula is C10H8IN3O4. The number of hydrogen-bond donors (Lipinski definition) is 1. The Balaban J connectivity index is 2.37. The first kappa shape index (κ1) is 12.7. The van der Waals surface area contributed by atoms with Gasteiger partial charge in [0, 0.05) is 12.3 Å². The largest absolute Gasteiger partial charge is 0.476 e. The quantitative estimate of drug-likeness (QED) is 0.816. The molecule has 2 aromatic rings. The van der Waals surface area contributed by atoms with Gasteiger partial charge >= 0.3 is 5.97 Å². The first-order chi connectivity index (χ1) is 8.49. The summed E-state index contributed by atoms with van der Waals surface area (Å²) in [5, 5.41) is 12.1. The molecule has 0 aliphatic rings. The summed E-state index contributed by atoms with van der Waals surface area (Å²) in [6, 6.07) is 1.29. The Hall–Kier alpha value is -1.71. The molecule has 1 N–H and O–H groups in total.